The van der Waals surface area contributed by atoms with Crippen LogP contribution in [0.2, 0.25) is 0 Å². The number of hydrogen-bond donors (Lipinski definition) is 1. The van der Waals surface area contributed by atoms with Gasteiger partial charge in [-0.1, -0.05) is 6.07 Å². The van der Waals surface area contributed by atoms with E-state index >= 15 is 4.39 Å². The minimum absolute atomic E-state index is 0.00592. The van der Waals surface area contributed by atoms with Crippen LogP contribution in [0.4, 0.5) is 37.7 Å². The largest absolute Gasteiger partial charge is 0.433 e. The van der Waals surface area contributed by atoms with Crippen molar-refractivity contribution in [3.05, 3.63) is 87.1 Å². The predicted octanol–water partition coefficient (Wildman–Crippen LogP) is 7.98. The molecule has 0 aliphatic heterocycles. The Hall–Kier alpha value is -3.54. The van der Waals surface area contributed by atoms with Crippen LogP contribution in [0.5, 0.6) is 5.75 Å². The van der Waals surface area contributed by atoms with E-state index in [2.05, 4.69) is 26.0 Å². The number of amides is 2. The second-order valence-corrected chi connectivity index (χ2v) is 10.6. The van der Waals surface area contributed by atoms with Crippen LogP contribution in [0.15, 0.2) is 53.0 Å². The molecule has 4 rings (SSSR count). The lowest BCUT2D eigenvalue weighted by Gasteiger charge is -2.24. The fourth-order valence-electron chi connectivity index (χ4n) is 3.98. The SMILES string of the molecule is CC(C)(F)c1cc(Br)c(NC(=O)c2cccc(N(CC3CC3)C(=O)c3ccc(F)cc3F)c2F)c(OC(F)F)c1. The number of hydrogen-bond acceptors (Lipinski definition) is 3. The van der Waals surface area contributed by atoms with Gasteiger partial charge in [0.1, 0.15) is 17.3 Å². The van der Waals surface area contributed by atoms with Crippen LogP contribution >= 0.6 is 15.9 Å². The van der Waals surface area contributed by atoms with Crippen LogP contribution < -0.4 is 15.0 Å². The van der Waals surface area contributed by atoms with Gasteiger partial charge in [0.25, 0.3) is 11.8 Å². The van der Waals surface area contributed by atoms with Crippen molar-refractivity contribution in [2.45, 2.75) is 39.0 Å². The van der Waals surface area contributed by atoms with E-state index < -0.39 is 58.4 Å². The van der Waals surface area contributed by atoms with Gasteiger partial charge < -0.3 is 15.0 Å². The Morgan fingerprint density at radius 3 is 2.38 bits per heavy atom. The van der Waals surface area contributed by atoms with Crippen LogP contribution in [0.3, 0.4) is 0 Å². The number of alkyl halides is 3. The third-order valence-corrected chi connectivity index (χ3v) is 6.88. The van der Waals surface area contributed by atoms with Gasteiger partial charge in [-0.15, -0.1) is 0 Å². The van der Waals surface area contributed by atoms with E-state index in [0.717, 1.165) is 42.0 Å². The van der Waals surface area contributed by atoms with Crippen molar-refractivity contribution in [2.75, 3.05) is 16.8 Å². The molecule has 0 heterocycles. The number of anilines is 2. The first kappa shape index (κ1) is 29.4. The smallest absolute Gasteiger partial charge is 0.387 e. The predicted molar refractivity (Wildman–Crippen MR) is 140 cm³/mol. The fourth-order valence-corrected chi connectivity index (χ4v) is 4.52. The number of carbonyl (C=O) groups is 2. The molecule has 1 aliphatic carbocycles. The monoisotopic (exact) mass is 628 g/mol. The van der Waals surface area contributed by atoms with E-state index in [4.69, 9.17) is 0 Å². The van der Waals surface area contributed by atoms with Crippen molar-refractivity contribution < 1.29 is 40.7 Å². The molecule has 3 aromatic carbocycles. The zero-order chi connectivity index (χ0) is 29.4. The number of halogens is 7. The molecule has 5 nitrogen and oxygen atoms in total. The summed E-state index contributed by atoms with van der Waals surface area (Å²) >= 11 is 3.11. The molecule has 0 atom stereocenters. The number of nitrogens with one attached hydrogen (secondary N) is 1. The highest BCUT2D eigenvalue weighted by atomic mass is 79.9. The Morgan fingerprint density at radius 2 is 1.77 bits per heavy atom. The Kier molecular flexibility index (Phi) is 8.48. The van der Waals surface area contributed by atoms with Crippen molar-refractivity contribution in [3.8, 4) is 5.75 Å². The molecule has 212 valence electrons. The standard InChI is InChI=1S/C28H23BrF6N2O3/c1-28(2,35)15-10-19(29)24(22(11-15)40-27(33)34)36-25(38)18-4-3-5-21(23(18)32)37(13-14-6-7-14)26(39)17-9-8-16(30)12-20(17)31/h3-5,8-12,14,27H,6-7,13H2,1-2H3,(H,36,38). The van der Waals surface area contributed by atoms with Crippen molar-refractivity contribution in [1.29, 1.82) is 0 Å². The minimum Gasteiger partial charge on any atom is -0.433 e. The van der Waals surface area contributed by atoms with Gasteiger partial charge in [0.2, 0.25) is 0 Å². The third kappa shape index (κ3) is 6.60. The van der Waals surface area contributed by atoms with Crippen LogP contribution in [0.1, 0.15) is 53.0 Å². The number of carbonyl (C=O) groups excluding carboxylic acids is 2. The zero-order valence-electron chi connectivity index (χ0n) is 21.2. The zero-order valence-corrected chi connectivity index (χ0v) is 22.8. The Morgan fingerprint density at radius 1 is 1.07 bits per heavy atom. The Labute approximate surface area is 234 Å². The highest BCUT2D eigenvalue weighted by Crippen LogP contribution is 2.40. The van der Waals surface area contributed by atoms with Gasteiger partial charge in [-0.25, -0.2) is 17.6 Å². The second kappa shape index (κ2) is 11.5. The first-order valence-corrected chi connectivity index (χ1v) is 12.9. The molecular weight excluding hydrogens is 606 g/mol. The number of benzene rings is 3. The molecule has 12 heteroatoms. The topological polar surface area (TPSA) is 58.6 Å². The summed E-state index contributed by atoms with van der Waals surface area (Å²) in [5.74, 6) is -5.71. The highest BCUT2D eigenvalue weighted by Gasteiger charge is 2.32. The summed E-state index contributed by atoms with van der Waals surface area (Å²) < 4.78 is 88.8. The molecule has 0 aromatic heterocycles. The maximum atomic E-state index is 15.8. The minimum atomic E-state index is -3.31. The molecule has 2 amide bonds. The van der Waals surface area contributed by atoms with Gasteiger partial charge in [0.05, 0.1) is 22.5 Å². The van der Waals surface area contributed by atoms with E-state index in [9.17, 15) is 31.5 Å². The molecule has 1 aliphatic rings. The average Bonchev–Trinajstić information content (AvgIpc) is 3.68. The molecule has 0 bridgehead atoms. The quantitative estimate of drug-likeness (QED) is 0.244. The molecule has 1 N–H and O–H groups in total. The van der Waals surface area contributed by atoms with Crippen molar-refractivity contribution >= 4 is 39.1 Å². The molecule has 0 unspecified atom stereocenters. The van der Waals surface area contributed by atoms with E-state index in [0.29, 0.717) is 6.07 Å². The normalized spacial score (nSPS) is 13.3. The third-order valence-electron chi connectivity index (χ3n) is 6.25. The van der Waals surface area contributed by atoms with E-state index in [1.54, 1.807) is 0 Å². The maximum absolute atomic E-state index is 15.8. The Bertz CT molecular complexity index is 1460. The van der Waals surface area contributed by atoms with E-state index in [1.807, 2.05) is 0 Å². The molecule has 0 saturated heterocycles. The number of rotatable bonds is 9. The van der Waals surface area contributed by atoms with Crippen LogP contribution in [-0.2, 0) is 5.67 Å². The first-order chi connectivity index (χ1) is 18.8. The van der Waals surface area contributed by atoms with Crippen LogP contribution in [-0.4, -0.2) is 25.0 Å². The lowest BCUT2D eigenvalue weighted by atomic mass is 9.99. The summed E-state index contributed by atoms with van der Waals surface area (Å²) in [4.78, 5) is 27.4. The lowest BCUT2D eigenvalue weighted by molar-refractivity contribution is -0.0495. The molecule has 40 heavy (non-hydrogen) atoms. The lowest BCUT2D eigenvalue weighted by Crippen LogP contribution is -2.34. The maximum Gasteiger partial charge on any atom is 0.387 e. The average molecular weight is 629 g/mol. The summed E-state index contributed by atoms with van der Waals surface area (Å²) in [5, 5.41) is 2.30. The highest BCUT2D eigenvalue weighted by molar-refractivity contribution is 9.10. The summed E-state index contributed by atoms with van der Waals surface area (Å²) in [7, 11) is 0. The van der Waals surface area contributed by atoms with Crippen molar-refractivity contribution in [2.24, 2.45) is 5.92 Å². The van der Waals surface area contributed by atoms with Crippen LogP contribution in [0.25, 0.3) is 0 Å². The summed E-state index contributed by atoms with van der Waals surface area (Å²) in [5.41, 5.74) is -3.63. The summed E-state index contributed by atoms with van der Waals surface area (Å²) in [6.45, 7) is -0.885. The molecule has 0 radical (unpaired) electrons. The fraction of sp³-hybridized carbons (Fsp3) is 0.286. The van der Waals surface area contributed by atoms with Gasteiger partial charge in [-0.2, -0.15) is 8.78 Å². The molecule has 3 aromatic rings. The van der Waals surface area contributed by atoms with Gasteiger partial charge in [-0.05, 0) is 90.5 Å². The summed E-state index contributed by atoms with van der Waals surface area (Å²) in [6.07, 6.45) is 1.51. The molecule has 1 fully saturated rings. The van der Waals surface area contributed by atoms with Gasteiger partial charge >= 0.3 is 6.61 Å². The molecular formula is C28H23BrF6N2O3. The van der Waals surface area contributed by atoms with Gasteiger partial charge in [0, 0.05) is 17.1 Å². The van der Waals surface area contributed by atoms with Gasteiger partial charge in [-0.3, -0.25) is 9.59 Å². The summed E-state index contributed by atoms with van der Waals surface area (Å²) in [6, 6.07) is 8.27. The molecule has 1 saturated carbocycles. The van der Waals surface area contributed by atoms with E-state index in [1.165, 1.54) is 32.0 Å². The number of ether oxygens (including phenoxy) is 1. The van der Waals surface area contributed by atoms with E-state index in [-0.39, 0.29) is 33.9 Å². The van der Waals surface area contributed by atoms with Crippen molar-refractivity contribution in [1.82, 2.24) is 0 Å². The van der Waals surface area contributed by atoms with Crippen LogP contribution in [0, 0.1) is 23.4 Å². The molecule has 0 spiro atoms. The first-order valence-electron chi connectivity index (χ1n) is 12.1. The van der Waals surface area contributed by atoms with Crippen molar-refractivity contribution in [3.63, 3.8) is 0 Å². The van der Waals surface area contributed by atoms with Gasteiger partial charge in [0.15, 0.2) is 11.6 Å². The number of nitrogens with zero attached hydrogens (tertiary/aromatic N) is 1. The second-order valence-electron chi connectivity index (χ2n) is 9.76. The Balaban J connectivity index is 1.70.